The van der Waals surface area contributed by atoms with Crippen molar-refractivity contribution in [2.45, 2.75) is 12.8 Å². The van der Waals surface area contributed by atoms with E-state index in [1.165, 1.54) is 6.07 Å². The minimum absolute atomic E-state index is 0.0196. The molecular formula is C12H10ClFN2O4. The fourth-order valence-corrected chi connectivity index (χ4v) is 1.82. The monoisotopic (exact) mass is 300 g/mol. The maximum Gasteiger partial charge on any atom is 0.276 e. The Hall–Kier alpha value is -2.15. The number of halogens is 2. The lowest BCUT2D eigenvalue weighted by atomic mass is 10.3. The Balaban J connectivity index is 1.89. The van der Waals surface area contributed by atoms with E-state index in [1.54, 1.807) is 0 Å². The van der Waals surface area contributed by atoms with Gasteiger partial charge in [0.05, 0.1) is 5.02 Å². The van der Waals surface area contributed by atoms with Crippen molar-refractivity contribution < 1.29 is 23.5 Å². The summed E-state index contributed by atoms with van der Waals surface area (Å²) in [4.78, 5) is 34.1. The molecule has 1 saturated heterocycles. The van der Waals surface area contributed by atoms with Gasteiger partial charge in [-0.25, -0.2) is 4.39 Å². The van der Waals surface area contributed by atoms with Crippen LogP contribution >= 0.6 is 11.6 Å². The highest BCUT2D eigenvalue weighted by molar-refractivity contribution is 6.32. The van der Waals surface area contributed by atoms with Crippen LogP contribution in [0.15, 0.2) is 18.2 Å². The molecule has 0 spiro atoms. The summed E-state index contributed by atoms with van der Waals surface area (Å²) in [6.07, 6.45) is 0.146. The first-order chi connectivity index (χ1) is 9.47. The van der Waals surface area contributed by atoms with Crippen LogP contribution in [0.25, 0.3) is 0 Å². The van der Waals surface area contributed by atoms with Gasteiger partial charge in [-0.2, -0.15) is 5.01 Å². The summed E-state index contributed by atoms with van der Waals surface area (Å²) in [6.45, 7) is -0.456. The van der Waals surface area contributed by atoms with Gasteiger partial charge in [0.1, 0.15) is 11.6 Å². The van der Waals surface area contributed by atoms with Crippen molar-refractivity contribution in [3.05, 3.63) is 29.0 Å². The average Bonchev–Trinajstić information content (AvgIpc) is 2.69. The zero-order chi connectivity index (χ0) is 14.7. The number of carbonyl (C=O) groups is 3. The predicted molar refractivity (Wildman–Crippen MR) is 66.1 cm³/mol. The van der Waals surface area contributed by atoms with E-state index < -0.39 is 30.1 Å². The van der Waals surface area contributed by atoms with Crippen molar-refractivity contribution in [2.24, 2.45) is 0 Å². The zero-order valence-corrected chi connectivity index (χ0v) is 10.9. The Bertz CT molecular complexity index is 563. The van der Waals surface area contributed by atoms with Crippen LogP contribution in [0, 0.1) is 5.82 Å². The highest BCUT2D eigenvalue weighted by Gasteiger charge is 2.30. The lowest BCUT2D eigenvalue weighted by Crippen LogP contribution is -2.47. The van der Waals surface area contributed by atoms with Crippen LogP contribution in [-0.4, -0.2) is 29.3 Å². The van der Waals surface area contributed by atoms with E-state index in [0.717, 1.165) is 12.1 Å². The number of nitrogens with zero attached hydrogens (tertiary/aromatic N) is 1. The first-order valence-corrected chi connectivity index (χ1v) is 6.08. The molecule has 1 aliphatic heterocycles. The number of nitrogens with one attached hydrogen (secondary N) is 1. The molecule has 0 saturated carbocycles. The predicted octanol–water partition coefficient (Wildman–Crippen LogP) is 1.04. The van der Waals surface area contributed by atoms with Crippen LogP contribution in [0.4, 0.5) is 4.39 Å². The van der Waals surface area contributed by atoms with Gasteiger partial charge in [0, 0.05) is 12.8 Å². The quantitative estimate of drug-likeness (QED) is 0.843. The number of hydrazine groups is 1. The van der Waals surface area contributed by atoms with Crippen LogP contribution < -0.4 is 10.2 Å². The molecule has 1 aromatic carbocycles. The smallest absolute Gasteiger partial charge is 0.276 e. The molecule has 0 radical (unpaired) electrons. The largest absolute Gasteiger partial charge is 0.482 e. The maximum atomic E-state index is 12.8. The number of hydrogen-bond acceptors (Lipinski definition) is 4. The van der Waals surface area contributed by atoms with Crippen molar-refractivity contribution in [3.63, 3.8) is 0 Å². The molecule has 1 N–H and O–H groups in total. The normalized spacial score (nSPS) is 14.6. The van der Waals surface area contributed by atoms with Gasteiger partial charge in [-0.1, -0.05) is 11.6 Å². The van der Waals surface area contributed by atoms with Crippen molar-refractivity contribution in [1.29, 1.82) is 0 Å². The lowest BCUT2D eigenvalue weighted by molar-refractivity contribution is -0.148. The van der Waals surface area contributed by atoms with E-state index in [1.807, 2.05) is 0 Å². The van der Waals surface area contributed by atoms with Gasteiger partial charge >= 0.3 is 0 Å². The van der Waals surface area contributed by atoms with Crippen LogP contribution in [-0.2, 0) is 14.4 Å². The van der Waals surface area contributed by atoms with Gasteiger partial charge in [0.25, 0.3) is 5.91 Å². The van der Waals surface area contributed by atoms with Crippen LogP contribution in [0.5, 0.6) is 5.75 Å². The molecule has 6 nitrogen and oxygen atoms in total. The van der Waals surface area contributed by atoms with Crippen molar-refractivity contribution >= 4 is 29.3 Å². The molecule has 2 rings (SSSR count). The summed E-state index contributed by atoms with van der Waals surface area (Å²) in [5.74, 6) is -2.03. The first-order valence-electron chi connectivity index (χ1n) is 5.70. The minimum atomic E-state index is -0.686. The van der Waals surface area contributed by atoms with E-state index in [-0.39, 0.29) is 23.6 Å². The molecule has 0 aliphatic carbocycles. The fourth-order valence-electron chi connectivity index (χ4n) is 1.59. The van der Waals surface area contributed by atoms with Crippen LogP contribution in [0.3, 0.4) is 0 Å². The Morgan fingerprint density at radius 2 is 2.00 bits per heavy atom. The summed E-state index contributed by atoms with van der Waals surface area (Å²) < 4.78 is 17.9. The SMILES string of the molecule is O=C(COc1ccc(F)cc1Cl)NN1C(=O)CCC1=O. The summed E-state index contributed by atoms with van der Waals surface area (Å²) in [6, 6.07) is 3.45. The second-order valence-electron chi connectivity index (χ2n) is 4.02. The average molecular weight is 301 g/mol. The van der Waals surface area contributed by atoms with E-state index in [4.69, 9.17) is 16.3 Å². The van der Waals surface area contributed by atoms with Crippen molar-refractivity contribution in [3.8, 4) is 5.75 Å². The second kappa shape index (κ2) is 5.87. The number of carbonyl (C=O) groups excluding carboxylic acids is 3. The summed E-state index contributed by atoms with van der Waals surface area (Å²) in [5.41, 5.74) is 2.13. The third-order valence-electron chi connectivity index (χ3n) is 2.54. The Kier molecular flexibility index (Phi) is 4.19. The first kappa shape index (κ1) is 14.3. The highest BCUT2D eigenvalue weighted by Crippen LogP contribution is 2.24. The molecule has 1 fully saturated rings. The Morgan fingerprint density at radius 1 is 1.35 bits per heavy atom. The van der Waals surface area contributed by atoms with Gasteiger partial charge in [0.2, 0.25) is 11.8 Å². The summed E-state index contributed by atoms with van der Waals surface area (Å²) in [7, 11) is 0. The molecule has 1 aromatic rings. The third-order valence-corrected chi connectivity index (χ3v) is 2.84. The minimum Gasteiger partial charge on any atom is -0.482 e. The highest BCUT2D eigenvalue weighted by atomic mass is 35.5. The Morgan fingerprint density at radius 3 is 2.60 bits per heavy atom. The fraction of sp³-hybridized carbons (Fsp3) is 0.250. The van der Waals surface area contributed by atoms with Crippen LogP contribution in [0.1, 0.15) is 12.8 Å². The number of benzene rings is 1. The van der Waals surface area contributed by atoms with Crippen LogP contribution in [0.2, 0.25) is 5.02 Å². The number of amides is 3. The molecule has 8 heteroatoms. The van der Waals surface area contributed by atoms with Gasteiger partial charge in [-0.05, 0) is 18.2 Å². The second-order valence-corrected chi connectivity index (χ2v) is 4.43. The molecule has 0 bridgehead atoms. The summed E-state index contributed by atoms with van der Waals surface area (Å²) >= 11 is 5.71. The Labute approximate surface area is 118 Å². The van der Waals surface area contributed by atoms with Crippen molar-refractivity contribution in [2.75, 3.05) is 6.61 Å². The van der Waals surface area contributed by atoms with Gasteiger partial charge < -0.3 is 4.74 Å². The maximum absolute atomic E-state index is 12.8. The van der Waals surface area contributed by atoms with Gasteiger partial charge in [0.15, 0.2) is 6.61 Å². The molecule has 0 aromatic heterocycles. The molecule has 1 heterocycles. The molecule has 20 heavy (non-hydrogen) atoms. The van der Waals surface area contributed by atoms with E-state index >= 15 is 0 Å². The van der Waals surface area contributed by atoms with E-state index in [9.17, 15) is 18.8 Å². The molecule has 1 aliphatic rings. The van der Waals surface area contributed by atoms with Crippen molar-refractivity contribution in [1.82, 2.24) is 10.4 Å². The van der Waals surface area contributed by atoms with E-state index in [0.29, 0.717) is 5.01 Å². The molecule has 3 amide bonds. The topological polar surface area (TPSA) is 75.7 Å². The number of ether oxygens (including phenoxy) is 1. The standard InChI is InChI=1S/C12H10ClFN2O4/c13-8-5-7(14)1-2-9(8)20-6-10(17)15-16-11(18)3-4-12(16)19/h1-2,5H,3-4,6H2,(H,15,17). The molecule has 0 unspecified atom stereocenters. The molecule has 0 atom stereocenters. The van der Waals surface area contributed by atoms with Gasteiger partial charge in [-0.3, -0.25) is 19.8 Å². The lowest BCUT2D eigenvalue weighted by Gasteiger charge is -2.15. The van der Waals surface area contributed by atoms with Gasteiger partial charge in [-0.15, -0.1) is 0 Å². The molecule has 106 valence electrons. The summed E-state index contributed by atoms with van der Waals surface area (Å²) in [5, 5.41) is 0.684. The number of imide groups is 1. The third kappa shape index (κ3) is 3.24. The van der Waals surface area contributed by atoms with E-state index in [2.05, 4.69) is 5.43 Å². The number of rotatable bonds is 4. The zero-order valence-electron chi connectivity index (χ0n) is 10.2. The number of hydrogen-bond donors (Lipinski definition) is 1. The molecular weight excluding hydrogens is 291 g/mol.